The summed E-state index contributed by atoms with van der Waals surface area (Å²) in [6.07, 6.45) is 5.25. The highest BCUT2D eigenvalue weighted by molar-refractivity contribution is 5.99. The third-order valence-corrected chi connectivity index (χ3v) is 6.10. The predicted molar refractivity (Wildman–Crippen MR) is 113 cm³/mol. The summed E-state index contributed by atoms with van der Waals surface area (Å²) in [7, 11) is 0. The number of aromatic hydroxyl groups is 1. The molecule has 2 aromatic rings. The smallest absolute Gasteiger partial charge is 0.275 e. The zero-order chi connectivity index (χ0) is 22.4. The molecular weight excluding hydrogens is 401 g/mol. The molecule has 2 amide bonds. The van der Waals surface area contributed by atoms with E-state index in [1.165, 1.54) is 16.8 Å². The number of benzene rings is 1. The number of allylic oxidation sites excluding steroid dienone is 1. The average Bonchev–Trinajstić information content (AvgIpc) is 2.85. The Morgan fingerprint density at radius 3 is 2.71 bits per heavy atom. The molecule has 0 saturated carbocycles. The molecule has 3 heterocycles. The van der Waals surface area contributed by atoms with Gasteiger partial charge in [0.05, 0.1) is 6.04 Å². The standard InChI is InChI=1S/C23H24FN3O4/c1-12-4-7-15(17(24)8-12)9-25-22(30)16-10-27-18-11-26(14(3)6-5-13(18)2)23(31)19(27)21(29)20(16)28/h4-8,10,13-14,18,29H,9,11H2,1-3H3,(H,25,30). The van der Waals surface area contributed by atoms with Gasteiger partial charge in [-0.05, 0) is 31.4 Å². The first-order chi connectivity index (χ1) is 14.7. The van der Waals surface area contributed by atoms with Crippen molar-refractivity contribution in [1.82, 2.24) is 14.8 Å². The molecule has 162 valence electrons. The zero-order valence-electron chi connectivity index (χ0n) is 17.6. The van der Waals surface area contributed by atoms with Gasteiger partial charge in [-0.3, -0.25) is 14.4 Å². The van der Waals surface area contributed by atoms with E-state index in [1.807, 2.05) is 26.0 Å². The Morgan fingerprint density at radius 2 is 2.00 bits per heavy atom. The number of amides is 2. The molecule has 2 aliphatic rings. The van der Waals surface area contributed by atoms with E-state index in [1.54, 1.807) is 24.0 Å². The molecule has 3 atom stereocenters. The molecule has 0 saturated heterocycles. The largest absolute Gasteiger partial charge is 0.503 e. The molecule has 2 N–H and O–H groups in total. The van der Waals surface area contributed by atoms with Crippen molar-refractivity contribution in [2.45, 2.75) is 39.4 Å². The highest BCUT2D eigenvalue weighted by Crippen LogP contribution is 2.34. The lowest BCUT2D eigenvalue weighted by atomic mass is 9.98. The Bertz CT molecular complexity index is 1170. The SMILES string of the molecule is Cc1ccc(CNC(=O)c2cn3c(c(O)c2=O)C(=O)N2CC3C(C)C=CC2C)c(F)c1. The van der Waals surface area contributed by atoms with Gasteiger partial charge in [0.15, 0.2) is 11.4 Å². The molecule has 31 heavy (non-hydrogen) atoms. The van der Waals surface area contributed by atoms with Gasteiger partial charge in [0, 0.05) is 30.9 Å². The summed E-state index contributed by atoms with van der Waals surface area (Å²) in [5.41, 5.74) is -0.281. The fourth-order valence-corrected chi connectivity index (χ4v) is 4.17. The number of nitrogens with one attached hydrogen (secondary N) is 1. The number of rotatable bonds is 3. The fourth-order valence-electron chi connectivity index (χ4n) is 4.17. The summed E-state index contributed by atoms with van der Waals surface area (Å²) in [5, 5.41) is 13.1. The third-order valence-electron chi connectivity index (χ3n) is 6.10. The van der Waals surface area contributed by atoms with Crippen molar-refractivity contribution in [3.8, 4) is 5.75 Å². The topological polar surface area (TPSA) is 91.6 Å². The summed E-state index contributed by atoms with van der Waals surface area (Å²) in [6.45, 7) is 5.90. The monoisotopic (exact) mass is 425 g/mol. The van der Waals surface area contributed by atoms with Gasteiger partial charge in [0.2, 0.25) is 5.43 Å². The number of halogens is 1. The van der Waals surface area contributed by atoms with Crippen LogP contribution >= 0.6 is 0 Å². The van der Waals surface area contributed by atoms with E-state index in [-0.39, 0.29) is 41.4 Å². The molecular formula is C23H24FN3O4. The van der Waals surface area contributed by atoms with Crippen LogP contribution in [0.2, 0.25) is 0 Å². The molecule has 4 rings (SSSR count). The van der Waals surface area contributed by atoms with Gasteiger partial charge in [-0.2, -0.15) is 0 Å². The molecule has 7 nitrogen and oxygen atoms in total. The first kappa shape index (κ1) is 20.8. The molecule has 0 radical (unpaired) electrons. The quantitative estimate of drug-likeness (QED) is 0.740. The second-order valence-corrected chi connectivity index (χ2v) is 8.26. The summed E-state index contributed by atoms with van der Waals surface area (Å²) in [5.74, 6) is -2.38. The number of fused-ring (bicyclic) bond motifs is 4. The van der Waals surface area contributed by atoms with Crippen molar-refractivity contribution < 1.29 is 19.1 Å². The van der Waals surface area contributed by atoms with Crippen LogP contribution in [0.1, 0.15) is 51.9 Å². The highest BCUT2D eigenvalue weighted by Gasteiger charge is 2.39. The Hall–Kier alpha value is -3.42. The Kier molecular flexibility index (Phi) is 5.16. The zero-order valence-corrected chi connectivity index (χ0v) is 17.6. The van der Waals surface area contributed by atoms with Crippen LogP contribution in [-0.4, -0.2) is 39.0 Å². The number of carbonyl (C=O) groups excluding carboxylic acids is 2. The van der Waals surface area contributed by atoms with E-state index < -0.39 is 28.8 Å². The maximum absolute atomic E-state index is 14.1. The number of hydrogen-bond acceptors (Lipinski definition) is 4. The Morgan fingerprint density at radius 1 is 1.26 bits per heavy atom. The van der Waals surface area contributed by atoms with Crippen molar-refractivity contribution in [2.24, 2.45) is 5.92 Å². The van der Waals surface area contributed by atoms with Crippen molar-refractivity contribution in [3.05, 3.63) is 75.0 Å². The van der Waals surface area contributed by atoms with Crippen molar-refractivity contribution in [2.75, 3.05) is 6.54 Å². The van der Waals surface area contributed by atoms with Crippen LogP contribution in [0.15, 0.2) is 41.3 Å². The van der Waals surface area contributed by atoms with Crippen LogP contribution in [-0.2, 0) is 6.54 Å². The van der Waals surface area contributed by atoms with E-state index in [0.717, 1.165) is 5.56 Å². The van der Waals surface area contributed by atoms with E-state index in [9.17, 15) is 23.9 Å². The summed E-state index contributed by atoms with van der Waals surface area (Å²) < 4.78 is 15.6. The Labute approximate surface area is 178 Å². The minimum absolute atomic E-state index is 0.0127. The minimum atomic E-state index is -0.922. The number of carbonyl (C=O) groups is 2. The van der Waals surface area contributed by atoms with Gasteiger partial charge in [0.1, 0.15) is 11.4 Å². The molecule has 0 fully saturated rings. The minimum Gasteiger partial charge on any atom is -0.503 e. The van der Waals surface area contributed by atoms with Gasteiger partial charge >= 0.3 is 0 Å². The van der Waals surface area contributed by atoms with Crippen LogP contribution in [0.25, 0.3) is 0 Å². The van der Waals surface area contributed by atoms with E-state index in [2.05, 4.69) is 5.32 Å². The van der Waals surface area contributed by atoms with Crippen molar-refractivity contribution in [1.29, 1.82) is 0 Å². The number of nitrogens with zero attached hydrogens (tertiary/aromatic N) is 2. The van der Waals surface area contributed by atoms with Crippen LogP contribution in [0.4, 0.5) is 4.39 Å². The van der Waals surface area contributed by atoms with E-state index >= 15 is 0 Å². The maximum Gasteiger partial charge on any atom is 0.275 e. The van der Waals surface area contributed by atoms with Gasteiger partial charge < -0.3 is 19.9 Å². The predicted octanol–water partition coefficient (Wildman–Crippen LogP) is 2.52. The highest BCUT2D eigenvalue weighted by atomic mass is 19.1. The molecule has 3 unspecified atom stereocenters. The Balaban J connectivity index is 1.70. The third kappa shape index (κ3) is 3.52. The molecule has 1 aromatic carbocycles. The maximum atomic E-state index is 14.1. The van der Waals surface area contributed by atoms with Gasteiger partial charge in [-0.25, -0.2) is 4.39 Å². The number of hydrogen-bond donors (Lipinski definition) is 2. The van der Waals surface area contributed by atoms with E-state index in [4.69, 9.17) is 0 Å². The summed E-state index contributed by atoms with van der Waals surface area (Å²) in [4.78, 5) is 40.0. The normalized spacial score (nSPS) is 22.1. The molecule has 2 aliphatic heterocycles. The lowest BCUT2D eigenvalue weighted by Crippen LogP contribution is -2.48. The first-order valence-corrected chi connectivity index (χ1v) is 10.2. The van der Waals surface area contributed by atoms with Crippen LogP contribution < -0.4 is 10.7 Å². The molecule has 1 aromatic heterocycles. The lowest BCUT2D eigenvalue weighted by Gasteiger charge is -2.38. The first-order valence-electron chi connectivity index (χ1n) is 10.2. The van der Waals surface area contributed by atoms with Crippen LogP contribution in [0, 0.1) is 18.7 Å². The van der Waals surface area contributed by atoms with E-state index in [0.29, 0.717) is 6.54 Å². The van der Waals surface area contributed by atoms with Crippen LogP contribution in [0.3, 0.4) is 0 Å². The molecule has 8 heteroatoms. The molecule has 0 spiro atoms. The fraction of sp³-hybridized carbons (Fsp3) is 0.348. The number of aryl methyl sites for hydroxylation is 1. The number of aromatic nitrogens is 1. The van der Waals surface area contributed by atoms with Crippen molar-refractivity contribution >= 4 is 11.8 Å². The van der Waals surface area contributed by atoms with Crippen LogP contribution in [0.5, 0.6) is 5.75 Å². The average molecular weight is 425 g/mol. The second kappa shape index (κ2) is 7.68. The van der Waals surface area contributed by atoms with Gasteiger partial charge in [0.25, 0.3) is 11.8 Å². The van der Waals surface area contributed by atoms with Crippen molar-refractivity contribution in [3.63, 3.8) is 0 Å². The molecule has 2 bridgehead atoms. The number of pyridine rings is 1. The molecule has 0 aliphatic carbocycles. The second-order valence-electron chi connectivity index (χ2n) is 8.26. The lowest BCUT2D eigenvalue weighted by molar-refractivity contribution is 0.0612. The summed E-state index contributed by atoms with van der Waals surface area (Å²) >= 11 is 0. The van der Waals surface area contributed by atoms with Gasteiger partial charge in [-0.15, -0.1) is 0 Å². The summed E-state index contributed by atoms with van der Waals surface area (Å²) in [6, 6.07) is 4.25. The van der Waals surface area contributed by atoms with Gasteiger partial charge in [-0.1, -0.05) is 31.2 Å².